The lowest BCUT2D eigenvalue weighted by atomic mass is 10.1. The minimum absolute atomic E-state index is 0.00943. The van der Waals surface area contributed by atoms with E-state index in [1.54, 1.807) is 21.3 Å². The summed E-state index contributed by atoms with van der Waals surface area (Å²) in [4.78, 5) is 10.5. The zero-order chi connectivity index (χ0) is 15.8. The van der Waals surface area contributed by atoms with Crippen molar-refractivity contribution < 1.29 is 23.7 Å². The third-order valence-corrected chi connectivity index (χ3v) is 2.98. The van der Waals surface area contributed by atoms with Gasteiger partial charge in [0.2, 0.25) is 5.75 Å². The fourth-order valence-electron chi connectivity index (χ4n) is 1.90. The van der Waals surface area contributed by atoms with Crippen LogP contribution in [0.4, 0.5) is 4.79 Å². The summed E-state index contributed by atoms with van der Waals surface area (Å²) in [6.45, 7) is 2.68. The predicted molar refractivity (Wildman–Crippen MR) is 78.1 cm³/mol. The van der Waals surface area contributed by atoms with Gasteiger partial charge in [0.25, 0.3) is 0 Å². The summed E-state index contributed by atoms with van der Waals surface area (Å²) in [7, 11) is 4.70. The molecule has 7 nitrogen and oxygen atoms in total. The topological polar surface area (TPSA) is 92.0 Å². The Kier molecular flexibility index (Phi) is 6.61. The Balaban J connectivity index is 2.79. The summed E-state index contributed by atoms with van der Waals surface area (Å²) in [6, 6.07) is 3.75. The molecule has 118 valence electrons. The Bertz CT molecular complexity index is 453. The minimum Gasteiger partial charge on any atom is -0.493 e. The van der Waals surface area contributed by atoms with Crippen LogP contribution in [0.15, 0.2) is 12.1 Å². The van der Waals surface area contributed by atoms with Crippen LogP contribution in [0.3, 0.4) is 0 Å². The van der Waals surface area contributed by atoms with Crippen LogP contribution >= 0.6 is 0 Å². The number of carbonyl (C=O) groups excluding carboxylic acids is 1. The molecular formula is C14H22N2O5. The maximum absolute atomic E-state index is 10.5. The monoisotopic (exact) mass is 298 g/mol. The number of nitrogens with two attached hydrogens (primary N) is 1. The summed E-state index contributed by atoms with van der Waals surface area (Å²) in [5.41, 5.74) is 5.85. The molecule has 0 aliphatic carbocycles. The summed E-state index contributed by atoms with van der Waals surface area (Å²) >= 11 is 0. The number of methoxy groups -OCH3 is 3. The van der Waals surface area contributed by atoms with Crippen molar-refractivity contribution in [1.29, 1.82) is 0 Å². The number of ether oxygens (including phenoxy) is 4. The van der Waals surface area contributed by atoms with Crippen LogP contribution in [-0.4, -0.2) is 40.6 Å². The van der Waals surface area contributed by atoms with Gasteiger partial charge in [-0.15, -0.1) is 0 Å². The molecule has 0 spiro atoms. The molecule has 1 aromatic rings. The second-order valence-electron chi connectivity index (χ2n) is 4.30. The maximum Gasteiger partial charge on any atom is 0.404 e. The largest absolute Gasteiger partial charge is 0.493 e. The molecule has 0 radical (unpaired) electrons. The Hall–Kier alpha value is -2.15. The highest BCUT2D eigenvalue weighted by Crippen LogP contribution is 2.39. The van der Waals surface area contributed by atoms with Crippen molar-refractivity contribution in [3.63, 3.8) is 0 Å². The van der Waals surface area contributed by atoms with Crippen molar-refractivity contribution >= 4 is 6.09 Å². The van der Waals surface area contributed by atoms with Crippen LogP contribution in [0.5, 0.6) is 17.2 Å². The molecule has 0 fully saturated rings. The zero-order valence-corrected chi connectivity index (χ0v) is 12.8. The fourth-order valence-corrected chi connectivity index (χ4v) is 1.90. The molecule has 0 aliphatic heterocycles. The molecule has 1 atom stereocenters. The molecule has 1 unspecified atom stereocenters. The molecule has 0 saturated carbocycles. The Morgan fingerprint density at radius 1 is 1.19 bits per heavy atom. The molecule has 0 aliphatic rings. The first-order chi connectivity index (χ1) is 10.0. The van der Waals surface area contributed by atoms with E-state index >= 15 is 0 Å². The van der Waals surface area contributed by atoms with Gasteiger partial charge >= 0.3 is 6.09 Å². The van der Waals surface area contributed by atoms with Gasteiger partial charge in [0.05, 0.1) is 21.3 Å². The van der Waals surface area contributed by atoms with Gasteiger partial charge in [-0.2, -0.15) is 0 Å². The normalized spacial score (nSPS) is 11.6. The highest BCUT2D eigenvalue weighted by molar-refractivity contribution is 5.64. The van der Waals surface area contributed by atoms with Crippen molar-refractivity contribution in [1.82, 2.24) is 5.32 Å². The van der Waals surface area contributed by atoms with Crippen molar-refractivity contribution in [2.75, 3.05) is 34.5 Å². The lowest BCUT2D eigenvalue weighted by Gasteiger charge is -2.18. The number of primary amides is 1. The van der Waals surface area contributed by atoms with Crippen molar-refractivity contribution in [3.8, 4) is 17.2 Å². The van der Waals surface area contributed by atoms with Crippen LogP contribution in [0.25, 0.3) is 0 Å². The molecule has 0 aromatic heterocycles. The highest BCUT2D eigenvalue weighted by Gasteiger charge is 2.16. The van der Waals surface area contributed by atoms with Crippen molar-refractivity contribution in [3.05, 3.63) is 17.7 Å². The van der Waals surface area contributed by atoms with E-state index < -0.39 is 6.09 Å². The molecular weight excluding hydrogens is 276 g/mol. The van der Waals surface area contributed by atoms with E-state index in [1.807, 2.05) is 19.1 Å². The Labute approximate surface area is 124 Å². The standard InChI is InChI=1S/C14H22N2O5/c1-9(16-5-6-21-14(15)17)10-7-11(18-2)13(20-4)12(8-10)19-3/h7-9,16H,5-6H2,1-4H3,(H2,15,17). The molecule has 0 heterocycles. The van der Waals surface area contributed by atoms with E-state index in [4.69, 9.17) is 19.9 Å². The van der Waals surface area contributed by atoms with Gasteiger partial charge in [0, 0.05) is 12.6 Å². The molecule has 1 rings (SSSR count). The lowest BCUT2D eigenvalue weighted by Crippen LogP contribution is -2.26. The van der Waals surface area contributed by atoms with E-state index in [1.165, 1.54) is 0 Å². The zero-order valence-electron chi connectivity index (χ0n) is 12.8. The first kappa shape index (κ1) is 16.9. The summed E-state index contributed by atoms with van der Waals surface area (Å²) in [5.74, 6) is 1.73. The molecule has 0 bridgehead atoms. The quantitative estimate of drug-likeness (QED) is 0.706. The number of amides is 1. The molecule has 0 saturated heterocycles. The number of carbonyl (C=O) groups is 1. The third-order valence-electron chi connectivity index (χ3n) is 2.98. The molecule has 21 heavy (non-hydrogen) atoms. The SMILES string of the molecule is COc1cc(C(C)NCCOC(N)=O)cc(OC)c1OC. The van der Waals surface area contributed by atoms with Crippen LogP contribution < -0.4 is 25.3 Å². The van der Waals surface area contributed by atoms with Crippen molar-refractivity contribution in [2.45, 2.75) is 13.0 Å². The third kappa shape index (κ3) is 4.71. The molecule has 7 heteroatoms. The van der Waals surface area contributed by atoms with Crippen LogP contribution in [0.1, 0.15) is 18.5 Å². The summed E-state index contributed by atoms with van der Waals surface area (Å²) < 4.78 is 20.6. The van der Waals surface area contributed by atoms with Gasteiger partial charge < -0.3 is 30.0 Å². The van der Waals surface area contributed by atoms with Crippen LogP contribution in [0, 0.1) is 0 Å². The summed E-state index contributed by atoms with van der Waals surface area (Å²) in [5, 5.41) is 3.21. The van der Waals surface area contributed by atoms with E-state index in [9.17, 15) is 4.79 Å². The number of benzene rings is 1. The van der Waals surface area contributed by atoms with Gasteiger partial charge in [-0.25, -0.2) is 4.79 Å². The molecule has 1 amide bonds. The Morgan fingerprint density at radius 2 is 1.76 bits per heavy atom. The van der Waals surface area contributed by atoms with Gasteiger partial charge in [-0.3, -0.25) is 0 Å². The molecule has 1 aromatic carbocycles. The van der Waals surface area contributed by atoms with Gasteiger partial charge in [-0.05, 0) is 24.6 Å². The minimum atomic E-state index is -0.780. The fraction of sp³-hybridized carbons (Fsp3) is 0.500. The van der Waals surface area contributed by atoms with E-state index in [-0.39, 0.29) is 12.6 Å². The maximum atomic E-state index is 10.5. The lowest BCUT2D eigenvalue weighted by molar-refractivity contribution is 0.156. The molecule has 3 N–H and O–H groups in total. The van der Waals surface area contributed by atoms with E-state index in [0.717, 1.165) is 5.56 Å². The second kappa shape index (κ2) is 8.21. The number of hydrogen-bond acceptors (Lipinski definition) is 6. The van der Waals surface area contributed by atoms with Crippen molar-refractivity contribution in [2.24, 2.45) is 5.73 Å². The number of hydrogen-bond donors (Lipinski definition) is 2. The number of rotatable bonds is 8. The average Bonchev–Trinajstić information content (AvgIpc) is 2.49. The van der Waals surface area contributed by atoms with Crippen LogP contribution in [-0.2, 0) is 4.74 Å². The van der Waals surface area contributed by atoms with Gasteiger partial charge in [0.1, 0.15) is 6.61 Å². The summed E-state index contributed by atoms with van der Waals surface area (Å²) in [6.07, 6.45) is -0.780. The first-order valence-corrected chi connectivity index (χ1v) is 6.49. The smallest absolute Gasteiger partial charge is 0.404 e. The second-order valence-corrected chi connectivity index (χ2v) is 4.30. The Morgan fingerprint density at radius 3 is 2.19 bits per heavy atom. The average molecular weight is 298 g/mol. The van der Waals surface area contributed by atoms with E-state index in [2.05, 4.69) is 10.1 Å². The first-order valence-electron chi connectivity index (χ1n) is 6.49. The van der Waals surface area contributed by atoms with Crippen LogP contribution in [0.2, 0.25) is 0 Å². The van der Waals surface area contributed by atoms with Gasteiger partial charge in [0.15, 0.2) is 11.5 Å². The van der Waals surface area contributed by atoms with Gasteiger partial charge in [-0.1, -0.05) is 0 Å². The number of nitrogens with one attached hydrogen (secondary N) is 1. The predicted octanol–water partition coefficient (Wildman–Crippen LogP) is 1.46. The van der Waals surface area contributed by atoms with E-state index in [0.29, 0.717) is 23.8 Å². The highest BCUT2D eigenvalue weighted by atomic mass is 16.5.